The third-order valence-electron chi connectivity index (χ3n) is 6.03. The van der Waals surface area contributed by atoms with E-state index in [0.29, 0.717) is 35.0 Å². The van der Waals surface area contributed by atoms with Crippen LogP contribution in [0.5, 0.6) is 0 Å². The Hall–Kier alpha value is -0.550. The molecule has 4 bridgehead atoms. The summed E-state index contributed by atoms with van der Waals surface area (Å²) in [5.41, 5.74) is -0.412. The Labute approximate surface area is 143 Å². The minimum absolute atomic E-state index is 0.140. The second-order valence-corrected chi connectivity index (χ2v) is 9.73. The number of carbonyl (C=O) groups is 1. The molecule has 3 unspecified atom stereocenters. The van der Waals surface area contributed by atoms with Gasteiger partial charge in [-0.2, -0.15) is 4.99 Å². The largest absolute Gasteiger partial charge is 0.390 e. The highest BCUT2D eigenvalue weighted by atomic mass is 32.2. The summed E-state index contributed by atoms with van der Waals surface area (Å²) in [6.45, 7) is 8.09. The molecule has 4 aliphatic carbocycles. The monoisotopic (exact) mass is 338 g/mol. The van der Waals surface area contributed by atoms with E-state index in [9.17, 15) is 9.90 Å². The number of aliphatic hydroxyl groups is 1. The topological polar surface area (TPSA) is 61.7 Å². The fourth-order valence-corrected chi connectivity index (χ4v) is 5.92. The van der Waals surface area contributed by atoms with Crippen molar-refractivity contribution in [3.63, 3.8) is 0 Å². The zero-order valence-electron chi connectivity index (χ0n) is 14.7. The molecule has 1 amide bonds. The second-order valence-electron chi connectivity index (χ2n) is 8.37. The van der Waals surface area contributed by atoms with Crippen molar-refractivity contribution in [2.24, 2.45) is 28.7 Å². The number of nitrogens with zero attached hydrogens (tertiary/aromatic N) is 1. The Morgan fingerprint density at radius 1 is 1.22 bits per heavy atom. The first-order chi connectivity index (χ1) is 10.8. The highest BCUT2D eigenvalue weighted by molar-refractivity contribution is 8.14. The van der Waals surface area contributed by atoms with E-state index in [1.807, 2.05) is 0 Å². The van der Waals surface area contributed by atoms with Crippen LogP contribution in [0.1, 0.15) is 59.8 Å². The molecule has 0 radical (unpaired) electrons. The van der Waals surface area contributed by atoms with Gasteiger partial charge in [-0.1, -0.05) is 32.5 Å². The van der Waals surface area contributed by atoms with Crippen LogP contribution < -0.4 is 5.32 Å². The minimum atomic E-state index is -0.412. The van der Waals surface area contributed by atoms with E-state index in [2.05, 4.69) is 31.1 Å². The van der Waals surface area contributed by atoms with Crippen LogP contribution in [0.3, 0.4) is 0 Å². The SMILES string of the molecule is CC(=O)/N=C(/N[C@H]1C2CC3CC1C[C@](O)(C3)C2)SC(C)C(C)C. The maximum atomic E-state index is 11.5. The number of rotatable bonds is 3. The fourth-order valence-electron chi connectivity index (χ4n) is 4.91. The number of carbonyl (C=O) groups excluding carboxylic acids is 1. The summed E-state index contributed by atoms with van der Waals surface area (Å²) in [5.74, 6) is 2.15. The van der Waals surface area contributed by atoms with Gasteiger partial charge in [0.15, 0.2) is 5.17 Å². The first kappa shape index (κ1) is 17.3. The van der Waals surface area contributed by atoms with E-state index in [-0.39, 0.29) is 5.91 Å². The first-order valence-electron chi connectivity index (χ1n) is 9.00. The van der Waals surface area contributed by atoms with Gasteiger partial charge in [-0.25, -0.2) is 0 Å². The second kappa shape index (κ2) is 6.40. The number of thioether (sulfide) groups is 1. The lowest BCUT2D eigenvalue weighted by atomic mass is 9.52. The van der Waals surface area contributed by atoms with Gasteiger partial charge in [-0.15, -0.1) is 0 Å². The number of aliphatic imine (C=N–C) groups is 1. The molecule has 0 saturated heterocycles. The van der Waals surface area contributed by atoms with Crippen LogP contribution >= 0.6 is 11.8 Å². The van der Waals surface area contributed by atoms with Crippen molar-refractivity contribution in [2.75, 3.05) is 0 Å². The molecule has 4 fully saturated rings. The highest BCUT2D eigenvalue weighted by Gasteiger charge is 2.54. The van der Waals surface area contributed by atoms with Crippen LogP contribution in [0.4, 0.5) is 0 Å². The van der Waals surface area contributed by atoms with Crippen LogP contribution in [0, 0.1) is 23.7 Å². The van der Waals surface area contributed by atoms with Crippen molar-refractivity contribution in [1.82, 2.24) is 5.32 Å². The Kier molecular flexibility index (Phi) is 4.81. The third-order valence-corrected chi connectivity index (χ3v) is 7.37. The Balaban J connectivity index is 1.72. The molecule has 5 heteroatoms. The lowest BCUT2D eigenvalue weighted by molar-refractivity contribution is -0.136. The van der Waals surface area contributed by atoms with Crippen LogP contribution in [0.15, 0.2) is 4.99 Å². The molecule has 4 aliphatic rings. The zero-order chi connectivity index (χ0) is 16.8. The summed E-state index contributed by atoms with van der Waals surface area (Å²) >= 11 is 1.68. The van der Waals surface area contributed by atoms with Gasteiger partial charge in [0.25, 0.3) is 0 Å². The summed E-state index contributed by atoms with van der Waals surface area (Å²) in [6, 6.07) is 0.372. The smallest absolute Gasteiger partial charge is 0.244 e. The first-order valence-corrected chi connectivity index (χ1v) is 9.88. The number of hydrogen-bond donors (Lipinski definition) is 2. The van der Waals surface area contributed by atoms with Gasteiger partial charge in [0.1, 0.15) is 0 Å². The van der Waals surface area contributed by atoms with E-state index in [0.717, 1.165) is 24.4 Å². The number of hydrogen-bond acceptors (Lipinski definition) is 3. The molecule has 23 heavy (non-hydrogen) atoms. The van der Waals surface area contributed by atoms with Gasteiger partial charge in [-0.3, -0.25) is 4.79 Å². The van der Waals surface area contributed by atoms with E-state index in [1.54, 1.807) is 11.8 Å². The van der Waals surface area contributed by atoms with E-state index in [1.165, 1.54) is 19.8 Å². The van der Waals surface area contributed by atoms with Gasteiger partial charge in [-0.05, 0) is 55.8 Å². The highest BCUT2D eigenvalue weighted by Crippen LogP contribution is 2.55. The van der Waals surface area contributed by atoms with Crippen LogP contribution in [0.25, 0.3) is 0 Å². The van der Waals surface area contributed by atoms with Crippen molar-refractivity contribution in [3.05, 3.63) is 0 Å². The van der Waals surface area contributed by atoms with E-state index < -0.39 is 5.60 Å². The molecule has 4 nitrogen and oxygen atoms in total. The maximum absolute atomic E-state index is 11.5. The molecule has 4 saturated carbocycles. The molecule has 0 aromatic carbocycles. The molecule has 3 atom stereocenters. The molecular weight excluding hydrogens is 308 g/mol. The quantitative estimate of drug-likeness (QED) is 0.613. The molecule has 0 spiro atoms. The molecule has 130 valence electrons. The Bertz CT molecular complexity index is 489. The summed E-state index contributed by atoms with van der Waals surface area (Å²) in [5, 5.41) is 15.5. The van der Waals surface area contributed by atoms with E-state index in [4.69, 9.17) is 0 Å². The average molecular weight is 339 g/mol. The molecular formula is C18H30N2O2S. The Morgan fingerprint density at radius 3 is 2.30 bits per heavy atom. The minimum Gasteiger partial charge on any atom is -0.390 e. The average Bonchev–Trinajstić information content (AvgIpc) is 2.39. The number of amidine groups is 1. The predicted octanol–water partition coefficient (Wildman–Crippen LogP) is 3.20. The van der Waals surface area contributed by atoms with Crippen molar-refractivity contribution in [1.29, 1.82) is 0 Å². The van der Waals surface area contributed by atoms with Crippen LogP contribution in [-0.4, -0.2) is 33.1 Å². The molecule has 0 aromatic rings. The molecule has 0 aromatic heterocycles. The number of nitrogens with one attached hydrogen (secondary N) is 1. The predicted molar refractivity (Wildman–Crippen MR) is 95.4 cm³/mol. The molecule has 0 heterocycles. The lowest BCUT2D eigenvalue weighted by Crippen LogP contribution is -2.61. The summed E-state index contributed by atoms with van der Waals surface area (Å²) in [6.07, 6.45) is 5.26. The van der Waals surface area contributed by atoms with Crippen molar-refractivity contribution < 1.29 is 9.90 Å². The van der Waals surface area contributed by atoms with Crippen LogP contribution in [-0.2, 0) is 4.79 Å². The summed E-state index contributed by atoms with van der Waals surface area (Å²) in [7, 11) is 0. The van der Waals surface area contributed by atoms with Gasteiger partial charge < -0.3 is 10.4 Å². The third kappa shape index (κ3) is 3.76. The van der Waals surface area contributed by atoms with Gasteiger partial charge >= 0.3 is 0 Å². The normalized spacial score (nSPS) is 40.5. The molecule has 2 N–H and O–H groups in total. The van der Waals surface area contributed by atoms with Gasteiger partial charge in [0.2, 0.25) is 5.91 Å². The zero-order valence-corrected chi connectivity index (χ0v) is 15.5. The van der Waals surface area contributed by atoms with Gasteiger partial charge in [0.05, 0.1) is 5.60 Å². The standard InChI is InChI=1S/C18H30N2O2S/c1-10(2)11(3)23-17(19-12(4)21)20-16-14-5-13-6-15(16)9-18(22,7-13)8-14/h10-11,13-16,22H,5-9H2,1-4H3,(H,19,20,21)/t11?,13?,14?,15?,16-,18-. The molecule has 4 rings (SSSR count). The summed E-state index contributed by atoms with van der Waals surface area (Å²) in [4.78, 5) is 15.8. The molecule has 0 aliphatic heterocycles. The summed E-state index contributed by atoms with van der Waals surface area (Å²) < 4.78 is 0. The van der Waals surface area contributed by atoms with Crippen molar-refractivity contribution >= 4 is 22.8 Å². The van der Waals surface area contributed by atoms with Crippen molar-refractivity contribution in [3.8, 4) is 0 Å². The lowest BCUT2D eigenvalue weighted by Gasteiger charge is -2.58. The van der Waals surface area contributed by atoms with Crippen molar-refractivity contribution in [2.45, 2.75) is 76.7 Å². The van der Waals surface area contributed by atoms with Crippen LogP contribution in [0.2, 0.25) is 0 Å². The fraction of sp³-hybridized carbons (Fsp3) is 0.889. The van der Waals surface area contributed by atoms with Gasteiger partial charge in [0, 0.05) is 18.2 Å². The Morgan fingerprint density at radius 2 is 1.83 bits per heavy atom. The van der Waals surface area contributed by atoms with E-state index >= 15 is 0 Å². The maximum Gasteiger partial charge on any atom is 0.244 e. The number of amides is 1.